The van der Waals surface area contributed by atoms with Crippen molar-refractivity contribution in [2.45, 2.75) is 20.3 Å². The van der Waals surface area contributed by atoms with E-state index in [1.807, 2.05) is 32.0 Å². The van der Waals surface area contributed by atoms with Crippen molar-refractivity contribution >= 4 is 5.91 Å². The van der Waals surface area contributed by atoms with Gasteiger partial charge in [0.2, 0.25) is 5.91 Å². The lowest BCUT2D eigenvalue weighted by Crippen LogP contribution is -2.42. The van der Waals surface area contributed by atoms with Gasteiger partial charge in [-0.25, -0.2) is 0 Å². The molecule has 0 saturated heterocycles. The van der Waals surface area contributed by atoms with Gasteiger partial charge in [0.25, 0.3) is 0 Å². The van der Waals surface area contributed by atoms with Crippen LogP contribution in [0.25, 0.3) is 0 Å². The molecular formula is C13H21N3O. The third kappa shape index (κ3) is 4.53. The van der Waals surface area contributed by atoms with Gasteiger partial charge in [0.15, 0.2) is 0 Å². The molecule has 0 saturated carbocycles. The van der Waals surface area contributed by atoms with Crippen LogP contribution in [0.4, 0.5) is 0 Å². The monoisotopic (exact) mass is 235 g/mol. The molecule has 0 aliphatic heterocycles. The number of nitrogens with one attached hydrogen (secondary N) is 2. The molecule has 17 heavy (non-hydrogen) atoms. The molecule has 4 nitrogen and oxygen atoms in total. The minimum absolute atomic E-state index is 0.0582. The van der Waals surface area contributed by atoms with Crippen molar-refractivity contribution in [3.05, 3.63) is 30.1 Å². The predicted octanol–water partition coefficient (Wildman–Crippen LogP) is 0.986. The van der Waals surface area contributed by atoms with Crippen molar-refractivity contribution in [3.8, 4) is 0 Å². The summed E-state index contributed by atoms with van der Waals surface area (Å²) in [7, 11) is 1.66. The van der Waals surface area contributed by atoms with Crippen molar-refractivity contribution in [1.29, 1.82) is 0 Å². The van der Waals surface area contributed by atoms with Gasteiger partial charge in [0.1, 0.15) is 0 Å². The molecule has 94 valence electrons. The van der Waals surface area contributed by atoms with Crippen LogP contribution in [-0.4, -0.2) is 31.0 Å². The van der Waals surface area contributed by atoms with Crippen LogP contribution < -0.4 is 10.6 Å². The van der Waals surface area contributed by atoms with E-state index in [-0.39, 0.29) is 11.3 Å². The maximum Gasteiger partial charge on any atom is 0.226 e. The fourth-order valence-electron chi connectivity index (χ4n) is 1.58. The van der Waals surface area contributed by atoms with Gasteiger partial charge in [-0.3, -0.25) is 9.78 Å². The summed E-state index contributed by atoms with van der Waals surface area (Å²) in [4.78, 5) is 15.8. The average molecular weight is 235 g/mol. The maximum atomic E-state index is 11.5. The lowest BCUT2D eigenvalue weighted by molar-refractivity contribution is -0.128. The molecule has 2 N–H and O–H groups in total. The van der Waals surface area contributed by atoms with E-state index < -0.39 is 0 Å². The average Bonchev–Trinajstić information content (AvgIpc) is 2.35. The van der Waals surface area contributed by atoms with Crippen LogP contribution >= 0.6 is 0 Å². The van der Waals surface area contributed by atoms with Gasteiger partial charge < -0.3 is 10.6 Å². The number of aromatic nitrogens is 1. The lowest BCUT2D eigenvalue weighted by atomic mass is 9.92. The number of rotatable bonds is 6. The normalized spacial score (nSPS) is 11.2. The Balaban J connectivity index is 2.27. The quantitative estimate of drug-likeness (QED) is 0.723. The summed E-state index contributed by atoms with van der Waals surface area (Å²) in [5.41, 5.74) is 0.691. The van der Waals surface area contributed by atoms with Gasteiger partial charge in [0.05, 0.1) is 5.41 Å². The third-order valence-corrected chi connectivity index (χ3v) is 2.69. The molecule has 0 bridgehead atoms. The standard InChI is InChI=1S/C13H21N3O/c1-13(2,12(17)14-3)10-15-9-7-11-6-4-5-8-16-11/h4-6,8,15H,7,9-10H2,1-3H3,(H,14,17). The molecule has 0 unspecified atom stereocenters. The number of nitrogens with zero attached hydrogens (tertiary/aromatic N) is 1. The van der Waals surface area contributed by atoms with Crippen molar-refractivity contribution in [2.24, 2.45) is 5.41 Å². The summed E-state index contributed by atoms with van der Waals surface area (Å²) < 4.78 is 0. The van der Waals surface area contributed by atoms with Gasteiger partial charge in [-0.2, -0.15) is 0 Å². The molecule has 1 amide bonds. The van der Waals surface area contributed by atoms with E-state index in [1.54, 1.807) is 13.2 Å². The van der Waals surface area contributed by atoms with Gasteiger partial charge in [-0.1, -0.05) is 6.07 Å². The molecular weight excluding hydrogens is 214 g/mol. The number of carbonyl (C=O) groups is 1. The summed E-state index contributed by atoms with van der Waals surface area (Å²) in [6.07, 6.45) is 2.68. The zero-order valence-electron chi connectivity index (χ0n) is 10.8. The fourth-order valence-corrected chi connectivity index (χ4v) is 1.58. The first-order valence-corrected chi connectivity index (χ1v) is 5.89. The first-order valence-electron chi connectivity index (χ1n) is 5.89. The summed E-state index contributed by atoms with van der Waals surface area (Å²) in [6, 6.07) is 5.90. The van der Waals surface area contributed by atoms with E-state index in [0.717, 1.165) is 18.7 Å². The Kier molecular flexibility index (Phi) is 5.10. The highest BCUT2D eigenvalue weighted by Gasteiger charge is 2.25. The highest BCUT2D eigenvalue weighted by Crippen LogP contribution is 2.12. The zero-order valence-corrected chi connectivity index (χ0v) is 10.8. The lowest BCUT2D eigenvalue weighted by Gasteiger charge is -2.22. The number of hydrogen-bond acceptors (Lipinski definition) is 3. The van der Waals surface area contributed by atoms with Crippen molar-refractivity contribution in [2.75, 3.05) is 20.1 Å². The van der Waals surface area contributed by atoms with E-state index in [1.165, 1.54) is 0 Å². The molecule has 1 aromatic rings. The van der Waals surface area contributed by atoms with Gasteiger partial charge in [-0.05, 0) is 26.0 Å². The fraction of sp³-hybridized carbons (Fsp3) is 0.538. The van der Waals surface area contributed by atoms with Gasteiger partial charge in [-0.15, -0.1) is 0 Å². The zero-order chi connectivity index (χ0) is 12.7. The summed E-state index contributed by atoms with van der Waals surface area (Å²) in [6.45, 7) is 5.36. The Bertz CT molecular complexity index is 349. The van der Waals surface area contributed by atoms with Crippen LogP contribution in [0.5, 0.6) is 0 Å². The topological polar surface area (TPSA) is 54.0 Å². The molecule has 1 heterocycles. The first kappa shape index (κ1) is 13.6. The van der Waals surface area contributed by atoms with Gasteiger partial charge >= 0.3 is 0 Å². The maximum absolute atomic E-state index is 11.5. The minimum atomic E-state index is -0.376. The second-order valence-corrected chi connectivity index (χ2v) is 4.71. The summed E-state index contributed by atoms with van der Waals surface area (Å²) in [5, 5.41) is 5.96. The number of amides is 1. The third-order valence-electron chi connectivity index (χ3n) is 2.69. The second-order valence-electron chi connectivity index (χ2n) is 4.71. The van der Waals surface area contributed by atoms with E-state index >= 15 is 0 Å². The molecule has 0 fully saturated rings. The number of carbonyl (C=O) groups excluding carboxylic acids is 1. The van der Waals surface area contributed by atoms with Crippen molar-refractivity contribution in [3.63, 3.8) is 0 Å². The number of hydrogen-bond donors (Lipinski definition) is 2. The van der Waals surface area contributed by atoms with Crippen LogP contribution in [0.2, 0.25) is 0 Å². The highest BCUT2D eigenvalue weighted by molar-refractivity contribution is 5.81. The van der Waals surface area contributed by atoms with Crippen LogP contribution in [0, 0.1) is 5.41 Å². The molecule has 0 spiro atoms. The Morgan fingerprint density at radius 3 is 2.76 bits per heavy atom. The van der Waals surface area contributed by atoms with Crippen molar-refractivity contribution in [1.82, 2.24) is 15.6 Å². The molecule has 0 aliphatic rings. The molecule has 0 radical (unpaired) electrons. The van der Waals surface area contributed by atoms with Crippen molar-refractivity contribution < 1.29 is 4.79 Å². The Morgan fingerprint density at radius 2 is 2.18 bits per heavy atom. The SMILES string of the molecule is CNC(=O)C(C)(C)CNCCc1ccccn1. The number of pyridine rings is 1. The predicted molar refractivity (Wildman–Crippen MR) is 68.7 cm³/mol. The molecule has 0 atom stereocenters. The largest absolute Gasteiger partial charge is 0.359 e. The molecule has 1 rings (SSSR count). The van der Waals surface area contributed by atoms with E-state index in [4.69, 9.17) is 0 Å². The van der Waals surface area contributed by atoms with Crippen LogP contribution in [0.15, 0.2) is 24.4 Å². The minimum Gasteiger partial charge on any atom is -0.359 e. The summed E-state index contributed by atoms with van der Waals surface area (Å²) >= 11 is 0. The van der Waals surface area contributed by atoms with Crippen LogP contribution in [0.1, 0.15) is 19.5 Å². The smallest absolute Gasteiger partial charge is 0.226 e. The summed E-state index contributed by atoms with van der Waals surface area (Å²) in [5.74, 6) is 0.0582. The molecule has 0 aliphatic carbocycles. The molecule has 1 aromatic heterocycles. The Morgan fingerprint density at radius 1 is 1.41 bits per heavy atom. The Labute approximate surface area is 103 Å². The van der Waals surface area contributed by atoms with E-state index in [9.17, 15) is 4.79 Å². The van der Waals surface area contributed by atoms with Gasteiger partial charge in [0, 0.05) is 38.4 Å². The highest BCUT2D eigenvalue weighted by atomic mass is 16.2. The van der Waals surface area contributed by atoms with E-state index in [0.29, 0.717) is 6.54 Å². The Hall–Kier alpha value is -1.42. The first-order chi connectivity index (χ1) is 8.06. The second kappa shape index (κ2) is 6.35. The molecule has 0 aromatic carbocycles. The van der Waals surface area contributed by atoms with Crippen LogP contribution in [0.3, 0.4) is 0 Å². The molecule has 4 heteroatoms. The van der Waals surface area contributed by atoms with E-state index in [2.05, 4.69) is 15.6 Å². The van der Waals surface area contributed by atoms with Crippen LogP contribution in [-0.2, 0) is 11.2 Å².